The van der Waals surface area contributed by atoms with Crippen LogP contribution >= 0.6 is 0 Å². The van der Waals surface area contributed by atoms with Crippen molar-refractivity contribution in [1.82, 2.24) is 0 Å². The van der Waals surface area contributed by atoms with E-state index < -0.39 is 8.56 Å². The second-order valence-corrected chi connectivity index (χ2v) is 7.57. The number of benzene rings is 2. The Bertz CT molecular complexity index is 406. The van der Waals surface area contributed by atoms with Gasteiger partial charge in [0.25, 0.3) is 0 Å². The molecule has 0 amide bonds. The van der Waals surface area contributed by atoms with Gasteiger partial charge in [-0.3, -0.25) is 0 Å². The first-order valence-corrected chi connectivity index (χ1v) is 7.77. The van der Waals surface area contributed by atoms with Gasteiger partial charge in [0.15, 0.2) is 0 Å². The molecule has 0 bridgehead atoms. The van der Waals surface area contributed by atoms with Gasteiger partial charge in [-0.2, -0.15) is 0 Å². The summed E-state index contributed by atoms with van der Waals surface area (Å²) in [5, 5.41) is 1.58. The Balaban J connectivity index is 2.49. The van der Waals surface area contributed by atoms with E-state index in [0.717, 1.165) is 10.4 Å². The van der Waals surface area contributed by atoms with Gasteiger partial charge in [-0.05, 0) is 10.4 Å². The van der Waals surface area contributed by atoms with Crippen LogP contribution in [0, 0.1) is 0 Å². The molecule has 0 spiro atoms. The highest BCUT2D eigenvalue weighted by Crippen LogP contribution is 2.02. The normalized spacial score (nSPS) is 11.6. The van der Waals surface area contributed by atoms with Crippen LogP contribution in [0.25, 0.3) is 0 Å². The van der Waals surface area contributed by atoms with Crippen molar-refractivity contribution in [2.75, 3.05) is 0 Å². The van der Waals surface area contributed by atoms with Crippen LogP contribution in [0.4, 0.5) is 0 Å². The third kappa shape index (κ3) is 2.00. The molecule has 0 fully saturated rings. The molecule has 0 aliphatic rings. The molecule has 2 aromatic rings. The van der Waals surface area contributed by atoms with E-state index in [0.29, 0.717) is 10.5 Å². The quantitative estimate of drug-likeness (QED) is 0.698. The van der Waals surface area contributed by atoms with Crippen molar-refractivity contribution in [3.63, 3.8) is 0 Å². The van der Waals surface area contributed by atoms with Gasteiger partial charge in [0, 0.05) is 0 Å². The lowest BCUT2D eigenvalue weighted by Gasteiger charge is -2.21. The zero-order chi connectivity index (χ0) is 11.4. The molecule has 81 valence electrons. The van der Waals surface area contributed by atoms with Gasteiger partial charge in [0.1, 0.15) is 10.5 Å². The Hall–Kier alpha value is -1.21. The summed E-state index contributed by atoms with van der Waals surface area (Å²) in [6, 6.07) is 18.8. The Kier molecular flexibility index (Phi) is 3.35. The fraction of sp³-hybridized carbons (Fsp3) is 0. The molecule has 0 saturated carbocycles. The van der Waals surface area contributed by atoms with Crippen molar-refractivity contribution in [2.45, 2.75) is 0 Å². The Labute approximate surface area is 99.3 Å². The van der Waals surface area contributed by atoms with Gasteiger partial charge in [0.2, 0.25) is 0 Å². The number of hydrogen-bond acceptors (Lipinski definition) is 1. The van der Waals surface area contributed by atoms with E-state index >= 15 is 0 Å². The minimum Gasteiger partial charge on any atom is -0.437 e. The molecular weight excluding hydrogens is 232 g/mol. The molecule has 2 nitrogen and oxygen atoms in total. The van der Waals surface area contributed by atoms with E-state index in [1.165, 1.54) is 0 Å². The molecule has 16 heavy (non-hydrogen) atoms. The summed E-state index contributed by atoms with van der Waals surface area (Å²) >= 11 is 0. The Morgan fingerprint density at radius 2 is 1.19 bits per heavy atom. The molecule has 1 radical (unpaired) electrons. The van der Waals surface area contributed by atoms with Crippen LogP contribution in [0.5, 0.6) is 0 Å². The van der Waals surface area contributed by atoms with Crippen molar-refractivity contribution in [2.24, 2.45) is 0 Å². The summed E-state index contributed by atoms with van der Waals surface area (Å²) in [4.78, 5) is 12.8. The first-order valence-electron chi connectivity index (χ1n) is 5.14. The summed E-state index contributed by atoms with van der Waals surface area (Å²) < 4.78 is 5.43. The van der Waals surface area contributed by atoms with Crippen LogP contribution < -0.4 is 10.4 Å². The Morgan fingerprint density at radius 1 is 0.812 bits per heavy atom. The highest BCUT2D eigenvalue weighted by Gasteiger charge is 2.39. The minimum atomic E-state index is -3.16. The smallest absolute Gasteiger partial charge is 0.428 e. The summed E-state index contributed by atoms with van der Waals surface area (Å²) in [7, 11) is -2.70. The van der Waals surface area contributed by atoms with E-state index in [-0.39, 0.29) is 0 Å². The maximum absolute atomic E-state index is 12.8. The highest BCUT2D eigenvalue weighted by atomic mass is 28.4. The summed E-state index contributed by atoms with van der Waals surface area (Å²) in [5.74, 6) is 0. The van der Waals surface area contributed by atoms with Crippen molar-refractivity contribution < 1.29 is 8.91 Å². The minimum absolute atomic E-state index is 0.466. The SMILES string of the molecule is [O][Si](O[SiH3])(c1ccccc1)c1ccccc1. The maximum Gasteiger partial charge on any atom is 0.428 e. The number of hydrogen-bond donors (Lipinski definition) is 0. The lowest BCUT2D eigenvalue weighted by atomic mass is 10.4. The van der Waals surface area contributed by atoms with Crippen LogP contribution in [0.2, 0.25) is 0 Å². The van der Waals surface area contributed by atoms with Crippen LogP contribution in [-0.4, -0.2) is 19.0 Å². The topological polar surface area (TPSA) is 29.1 Å². The molecule has 0 N–H and O–H groups in total. The monoisotopic (exact) mass is 245 g/mol. The Morgan fingerprint density at radius 3 is 1.50 bits per heavy atom. The average Bonchev–Trinajstić information content (AvgIpc) is 2.40. The highest BCUT2D eigenvalue weighted by molar-refractivity contribution is 6.92. The first-order chi connectivity index (χ1) is 7.77. The van der Waals surface area contributed by atoms with Crippen LogP contribution in [0.3, 0.4) is 0 Å². The molecule has 2 aromatic carbocycles. The molecule has 0 heterocycles. The molecule has 0 atom stereocenters. The van der Waals surface area contributed by atoms with Gasteiger partial charge in [-0.1, -0.05) is 60.7 Å². The molecule has 2 rings (SSSR count). The largest absolute Gasteiger partial charge is 0.437 e. The molecule has 4 heteroatoms. The van der Waals surface area contributed by atoms with Gasteiger partial charge < -0.3 is 4.12 Å². The van der Waals surface area contributed by atoms with Crippen LogP contribution in [0.1, 0.15) is 0 Å². The third-order valence-corrected chi connectivity index (χ3v) is 7.08. The van der Waals surface area contributed by atoms with Gasteiger partial charge >= 0.3 is 8.56 Å². The molecule has 0 aliphatic carbocycles. The average molecular weight is 245 g/mol. The van der Waals surface area contributed by atoms with Crippen LogP contribution in [-0.2, 0) is 8.91 Å². The predicted octanol–water partition coefficient (Wildman–Crippen LogP) is -0.0295. The lowest BCUT2D eigenvalue weighted by molar-refractivity contribution is 0.350. The second kappa shape index (κ2) is 4.75. The molecule has 0 saturated heterocycles. The second-order valence-electron chi connectivity index (χ2n) is 3.55. The van der Waals surface area contributed by atoms with Gasteiger partial charge in [0.05, 0.1) is 0 Å². The molecular formula is C12H13O2Si2. The zero-order valence-corrected chi connectivity index (χ0v) is 12.1. The molecule has 0 unspecified atom stereocenters. The van der Waals surface area contributed by atoms with Crippen molar-refractivity contribution in [1.29, 1.82) is 0 Å². The number of rotatable bonds is 3. The van der Waals surface area contributed by atoms with E-state index in [1.807, 2.05) is 60.7 Å². The van der Waals surface area contributed by atoms with Gasteiger partial charge in [-0.15, -0.1) is 0 Å². The third-order valence-electron chi connectivity index (χ3n) is 2.60. The molecule has 0 aromatic heterocycles. The van der Waals surface area contributed by atoms with Crippen LogP contribution in [0.15, 0.2) is 60.7 Å². The fourth-order valence-electron chi connectivity index (χ4n) is 1.72. The summed E-state index contributed by atoms with van der Waals surface area (Å²) in [5.41, 5.74) is 0. The van der Waals surface area contributed by atoms with E-state index in [9.17, 15) is 4.80 Å². The lowest BCUT2D eigenvalue weighted by Crippen LogP contribution is -2.59. The zero-order valence-electron chi connectivity index (χ0n) is 9.09. The van der Waals surface area contributed by atoms with Crippen molar-refractivity contribution in [3.8, 4) is 0 Å². The van der Waals surface area contributed by atoms with E-state index in [1.54, 1.807) is 0 Å². The van der Waals surface area contributed by atoms with E-state index in [2.05, 4.69) is 0 Å². The predicted molar refractivity (Wildman–Crippen MR) is 69.6 cm³/mol. The fourth-order valence-corrected chi connectivity index (χ4v) is 5.20. The summed E-state index contributed by atoms with van der Waals surface area (Å²) in [6.45, 7) is 0. The van der Waals surface area contributed by atoms with Gasteiger partial charge in [-0.25, -0.2) is 4.80 Å². The maximum atomic E-state index is 12.8. The standard InChI is InChI=1S/C12H13O2Si2/c13-16(14-15,11-7-3-1-4-8-11)12-9-5-2-6-10-12/h1-10H,15H3. The van der Waals surface area contributed by atoms with Crippen molar-refractivity contribution >= 4 is 29.4 Å². The van der Waals surface area contributed by atoms with E-state index in [4.69, 9.17) is 4.12 Å². The van der Waals surface area contributed by atoms with Crippen molar-refractivity contribution in [3.05, 3.63) is 60.7 Å². The summed E-state index contributed by atoms with van der Waals surface area (Å²) in [6.07, 6.45) is 0. The molecule has 0 aliphatic heterocycles. The first kappa shape index (κ1) is 11.3.